The van der Waals surface area contributed by atoms with E-state index in [4.69, 9.17) is 20.9 Å². The fraction of sp³-hybridized carbons (Fsp3) is 0.308. The van der Waals surface area contributed by atoms with Crippen LogP contribution in [0.2, 0.25) is 5.02 Å². The number of aryl methyl sites for hydroxylation is 2. The molecular formula is C26H27ClN6O3. The van der Waals surface area contributed by atoms with Crippen molar-refractivity contribution in [1.82, 2.24) is 24.8 Å². The van der Waals surface area contributed by atoms with Gasteiger partial charge < -0.3 is 24.0 Å². The first-order valence-electron chi connectivity index (χ1n) is 11.8. The van der Waals surface area contributed by atoms with Crippen LogP contribution in [-0.2, 0) is 6.54 Å². The van der Waals surface area contributed by atoms with Crippen LogP contribution in [0.15, 0.2) is 53.1 Å². The SMILES string of the molecule is COc1ccc(-c2noc(C)c2NC(=O)N2CCC[C@@H]2c2nnc(C)n2Cc2ccc(Cl)cc2)cc1. The molecule has 1 N–H and O–H groups in total. The topological polar surface area (TPSA) is 98.3 Å². The van der Waals surface area contributed by atoms with Crippen LogP contribution in [0.5, 0.6) is 5.75 Å². The Morgan fingerprint density at radius 1 is 1.14 bits per heavy atom. The average molecular weight is 507 g/mol. The summed E-state index contributed by atoms with van der Waals surface area (Å²) in [6.45, 7) is 4.92. The van der Waals surface area contributed by atoms with Gasteiger partial charge in [0.2, 0.25) is 0 Å². The number of nitrogens with one attached hydrogen (secondary N) is 1. The Bertz CT molecular complexity index is 1360. The van der Waals surface area contributed by atoms with Gasteiger partial charge >= 0.3 is 6.03 Å². The quantitative estimate of drug-likeness (QED) is 0.364. The molecule has 2 aromatic carbocycles. The van der Waals surface area contributed by atoms with Crippen molar-refractivity contribution < 1.29 is 14.1 Å². The molecule has 1 fully saturated rings. The second-order valence-electron chi connectivity index (χ2n) is 8.79. The van der Waals surface area contributed by atoms with E-state index in [2.05, 4.69) is 25.2 Å². The lowest BCUT2D eigenvalue weighted by molar-refractivity contribution is 0.203. The minimum Gasteiger partial charge on any atom is -0.497 e. The minimum absolute atomic E-state index is 0.192. The number of anilines is 1. The van der Waals surface area contributed by atoms with Crippen molar-refractivity contribution in [2.45, 2.75) is 39.3 Å². The smallest absolute Gasteiger partial charge is 0.322 e. The molecule has 0 spiro atoms. The van der Waals surface area contributed by atoms with Gasteiger partial charge in [0.1, 0.15) is 23.0 Å². The average Bonchev–Trinajstić information content (AvgIpc) is 3.60. The summed E-state index contributed by atoms with van der Waals surface area (Å²) in [7, 11) is 1.62. The Kier molecular flexibility index (Phi) is 6.65. The number of likely N-dealkylation sites (tertiary alicyclic amines) is 1. The van der Waals surface area contributed by atoms with Crippen LogP contribution >= 0.6 is 11.6 Å². The second-order valence-corrected chi connectivity index (χ2v) is 9.23. The van der Waals surface area contributed by atoms with Crippen molar-refractivity contribution in [3.63, 3.8) is 0 Å². The highest BCUT2D eigenvalue weighted by Gasteiger charge is 2.35. The third-order valence-electron chi connectivity index (χ3n) is 6.49. The molecule has 4 aromatic rings. The predicted octanol–water partition coefficient (Wildman–Crippen LogP) is 5.63. The summed E-state index contributed by atoms with van der Waals surface area (Å²) in [6, 6.07) is 14.7. The number of ether oxygens (including phenoxy) is 1. The molecule has 9 nitrogen and oxygen atoms in total. The molecule has 3 heterocycles. The van der Waals surface area contributed by atoms with Crippen molar-refractivity contribution in [3.8, 4) is 17.0 Å². The number of aromatic nitrogens is 4. The Hall–Kier alpha value is -3.85. The maximum absolute atomic E-state index is 13.5. The molecule has 10 heteroatoms. The van der Waals surface area contributed by atoms with Gasteiger partial charge in [0, 0.05) is 17.1 Å². The molecule has 0 aliphatic carbocycles. The molecule has 0 bridgehead atoms. The minimum atomic E-state index is -0.225. The van der Waals surface area contributed by atoms with Crippen LogP contribution in [0, 0.1) is 13.8 Å². The first kappa shape index (κ1) is 23.9. The second kappa shape index (κ2) is 10.0. The third kappa shape index (κ3) is 4.66. The van der Waals surface area contributed by atoms with Gasteiger partial charge in [0.15, 0.2) is 11.6 Å². The molecule has 0 unspecified atom stereocenters. The zero-order valence-electron chi connectivity index (χ0n) is 20.4. The highest BCUT2D eigenvalue weighted by Crippen LogP contribution is 2.35. The van der Waals surface area contributed by atoms with E-state index in [1.165, 1.54) is 0 Å². The van der Waals surface area contributed by atoms with Gasteiger partial charge in [-0.1, -0.05) is 28.9 Å². The number of methoxy groups -OCH3 is 1. The normalized spacial score (nSPS) is 15.3. The molecule has 1 aliphatic heterocycles. The number of hydrogen-bond donors (Lipinski definition) is 1. The number of carbonyl (C=O) groups excluding carboxylic acids is 1. The first-order valence-corrected chi connectivity index (χ1v) is 12.1. The van der Waals surface area contributed by atoms with E-state index in [9.17, 15) is 4.79 Å². The summed E-state index contributed by atoms with van der Waals surface area (Å²) in [6.07, 6.45) is 1.68. The molecular weight excluding hydrogens is 480 g/mol. The van der Waals surface area contributed by atoms with E-state index < -0.39 is 0 Å². The van der Waals surface area contributed by atoms with E-state index >= 15 is 0 Å². The maximum atomic E-state index is 13.5. The fourth-order valence-electron chi connectivity index (χ4n) is 4.53. The summed E-state index contributed by atoms with van der Waals surface area (Å²) in [4.78, 5) is 15.3. The molecule has 36 heavy (non-hydrogen) atoms. The van der Waals surface area contributed by atoms with Crippen molar-refractivity contribution in [2.75, 3.05) is 19.0 Å². The zero-order valence-corrected chi connectivity index (χ0v) is 21.1. The van der Waals surface area contributed by atoms with Gasteiger partial charge in [0.05, 0.1) is 19.7 Å². The zero-order chi connectivity index (χ0) is 25.2. The molecule has 0 saturated carbocycles. The summed E-state index contributed by atoms with van der Waals surface area (Å²) in [5, 5.41) is 16.7. The Morgan fingerprint density at radius 2 is 1.89 bits per heavy atom. The van der Waals surface area contributed by atoms with Crippen molar-refractivity contribution in [2.24, 2.45) is 0 Å². The van der Waals surface area contributed by atoms with Gasteiger partial charge in [-0.15, -0.1) is 10.2 Å². The lowest BCUT2D eigenvalue weighted by Crippen LogP contribution is -2.35. The molecule has 1 saturated heterocycles. The molecule has 0 radical (unpaired) electrons. The first-order chi connectivity index (χ1) is 17.4. The van der Waals surface area contributed by atoms with Gasteiger partial charge in [-0.2, -0.15) is 0 Å². The monoisotopic (exact) mass is 506 g/mol. The van der Waals surface area contributed by atoms with Gasteiger partial charge in [-0.25, -0.2) is 4.79 Å². The fourth-order valence-corrected chi connectivity index (χ4v) is 4.66. The van der Waals surface area contributed by atoms with Crippen LogP contribution in [0.4, 0.5) is 10.5 Å². The lowest BCUT2D eigenvalue weighted by atomic mass is 10.1. The summed E-state index contributed by atoms with van der Waals surface area (Å²) >= 11 is 6.05. The van der Waals surface area contributed by atoms with Gasteiger partial charge in [0.25, 0.3) is 0 Å². The molecule has 2 amide bonds. The number of benzene rings is 2. The Labute approximate surface area is 214 Å². The van der Waals surface area contributed by atoms with Crippen molar-refractivity contribution >= 4 is 23.3 Å². The van der Waals surface area contributed by atoms with E-state index in [-0.39, 0.29) is 12.1 Å². The number of rotatable bonds is 6. The summed E-state index contributed by atoms with van der Waals surface area (Å²) in [5.74, 6) is 2.84. The number of urea groups is 1. The number of halogens is 1. The van der Waals surface area contributed by atoms with Crippen molar-refractivity contribution in [1.29, 1.82) is 0 Å². The van der Waals surface area contributed by atoms with Gasteiger partial charge in [-0.05, 0) is 68.7 Å². The predicted molar refractivity (Wildman–Crippen MR) is 136 cm³/mol. The number of hydrogen-bond acceptors (Lipinski definition) is 6. The van der Waals surface area contributed by atoms with Gasteiger partial charge in [-0.3, -0.25) is 0 Å². The van der Waals surface area contributed by atoms with E-state index in [1.54, 1.807) is 14.0 Å². The lowest BCUT2D eigenvalue weighted by Gasteiger charge is -2.25. The molecule has 1 atom stereocenters. The van der Waals surface area contributed by atoms with Crippen LogP contribution in [-0.4, -0.2) is 44.5 Å². The maximum Gasteiger partial charge on any atom is 0.322 e. The van der Waals surface area contributed by atoms with Crippen LogP contribution in [0.25, 0.3) is 11.3 Å². The van der Waals surface area contributed by atoms with E-state index in [0.29, 0.717) is 35.3 Å². The third-order valence-corrected chi connectivity index (χ3v) is 6.74. The van der Waals surface area contributed by atoms with Crippen LogP contribution < -0.4 is 10.1 Å². The summed E-state index contributed by atoms with van der Waals surface area (Å²) < 4.78 is 12.7. The molecule has 1 aliphatic rings. The van der Waals surface area contributed by atoms with E-state index in [0.717, 1.165) is 41.4 Å². The Morgan fingerprint density at radius 3 is 2.61 bits per heavy atom. The number of carbonyl (C=O) groups is 1. The Balaban J connectivity index is 1.38. The molecule has 186 valence electrons. The molecule has 2 aromatic heterocycles. The highest BCUT2D eigenvalue weighted by molar-refractivity contribution is 6.30. The largest absolute Gasteiger partial charge is 0.497 e. The van der Waals surface area contributed by atoms with E-state index in [1.807, 2.05) is 60.4 Å². The standard InChI is InChI=1S/C26H27ClN6O3/c1-16-23(24(31-36-16)19-8-12-21(35-3)13-9-19)28-26(34)32-14-4-5-22(32)25-30-29-17(2)33(25)15-18-6-10-20(27)11-7-18/h6-13,22H,4-5,14-15H2,1-3H3,(H,28,34)/t22-/m1/s1. The number of amides is 2. The highest BCUT2D eigenvalue weighted by atomic mass is 35.5. The van der Waals surface area contributed by atoms with Crippen LogP contribution in [0.3, 0.4) is 0 Å². The van der Waals surface area contributed by atoms with Crippen LogP contribution in [0.1, 0.15) is 41.9 Å². The van der Waals surface area contributed by atoms with Crippen molar-refractivity contribution in [3.05, 3.63) is 76.5 Å². The number of nitrogens with zero attached hydrogens (tertiary/aromatic N) is 5. The summed E-state index contributed by atoms with van der Waals surface area (Å²) in [5.41, 5.74) is 3.02. The molecule has 5 rings (SSSR count).